The highest BCUT2D eigenvalue weighted by Crippen LogP contribution is 2.23. The van der Waals surface area contributed by atoms with Crippen LogP contribution in [0, 0.1) is 0 Å². The maximum atomic E-state index is 12.5. The van der Waals surface area contributed by atoms with Crippen LogP contribution < -0.4 is 4.90 Å². The van der Waals surface area contributed by atoms with Gasteiger partial charge in [0, 0.05) is 18.8 Å². The molecule has 2 rings (SSSR count). The summed E-state index contributed by atoms with van der Waals surface area (Å²) in [5.41, 5.74) is 0.994. The summed E-state index contributed by atoms with van der Waals surface area (Å²) >= 11 is 0. The zero-order chi connectivity index (χ0) is 14.4. The number of carbonyl (C=O) groups is 1. The lowest BCUT2D eigenvalue weighted by molar-refractivity contribution is -0.121. The van der Waals surface area contributed by atoms with Gasteiger partial charge in [0.05, 0.1) is 6.04 Å². The van der Waals surface area contributed by atoms with Crippen LogP contribution in [0.3, 0.4) is 0 Å². The molecule has 1 fully saturated rings. The number of para-hydroxylation sites is 1. The number of amides is 1. The summed E-state index contributed by atoms with van der Waals surface area (Å²) in [4.78, 5) is 16.5. The van der Waals surface area contributed by atoms with Crippen LogP contribution >= 0.6 is 0 Å². The molecule has 0 aromatic heterocycles. The highest BCUT2D eigenvalue weighted by Gasteiger charge is 2.34. The lowest BCUT2D eigenvalue weighted by atomic mass is 10.2. The number of unbranched alkanes of at least 4 members (excludes halogenated alkanes) is 2. The molecule has 0 bridgehead atoms. The van der Waals surface area contributed by atoms with Crippen molar-refractivity contribution in [2.45, 2.75) is 31.7 Å². The van der Waals surface area contributed by atoms with Gasteiger partial charge in [0.1, 0.15) is 0 Å². The zero-order valence-electron chi connectivity index (χ0n) is 12.2. The summed E-state index contributed by atoms with van der Waals surface area (Å²) in [6.07, 6.45) is 3.79. The molecule has 4 nitrogen and oxygen atoms in total. The van der Waals surface area contributed by atoms with E-state index in [1.807, 2.05) is 42.3 Å². The van der Waals surface area contributed by atoms with Crippen LogP contribution in [0.2, 0.25) is 0 Å². The van der Waals surface area contributed by atoms with Gasteiger partial charge in [-0.2, -0.15) is 0 Å². The fraction of sp³-hybridized carbons (Fsp3) is 0.562. The maximum Gasteiger partial charge on any atom is 0.244 e. The van der Waals surface area contributed by atoms with Gasteiger partial charge in [-0.1, -0.05) is 18.2 Å². The van der Waals surface area contributed by atoms with Gasteiger partial charge < -0.3 is 10.0 Å². The molecule has 1 heterocycles. The number of nitrogens with zero attached hydrogens (tertiary/aromatic N) is 2. The third kappa shape index (κ3) is 3.58. The minimum Gasteiger partial charge on any atom is -0.396 e. The number of aliphatic hydroxyl groups excluding tert-OH is 1. The molecule has 0 aliphatic carbocycles. The summed E-state index contributed by atoms with van der Waals surface area (Å²) in [6.45, 7) is 1.97. The van der Waals surface area contributed by atoms with Gasteiger partial charge in [0.15, 0.2) is 0 Å². The van der Waals surface area contributed by atoms with Crippen LogP contribution in [0.1, 0.15) is 25.7 Å². The molecule has 0 spiro atoms. The first-order valence-electron chi connectivity index (χ1n) is 7.41. The predicted octanol–water partition coefficient (Wildman–Crippen LogP) is 1.89. The van der Waals surface area contributed by atoms with E-state index in [0.717, 1.165) is 44.5 Å². The molecule has 0 saturated carbocycles. The molecule has 1 unspecified atom stereocenters. The van der Waals surface area contributed by atoms with Crippen molar-refractivity contribution in [3.63, 3.8) is 0 Å². The smallest absolute Gasteiger partial charge is 0.244 e. The predicted molar refractivity (Wildman–Crippen MR) is 80.8 cm³/mol. The molecule has 1 aromatic rings. The first-order valence-corrected chi connectivity index (χ1v) is 7.41. The van der Waals surface area contributed by atoms with E-state index < -0.39 is 0 Å². The molecule has 4 heteroatoms. The van der Waals surface area contributed by atoms with Gasteiger partial charge in [-0.15, -0.1) is 0 Å². The molecule has 1 N–H and O–H groups in total. The minimum atomic E-state index is 0.00401. The van der Waals surface area contributed by atoms with Crippen LogP contribution in [-0.4, -0.2) is 48.7 Å². The highest BCUT2D eigenvalue weighted by molar-refractivity contribution is 5.99. The van der Waals surface area contributed by atoms with Gasteiger partial charge in [-0.05, 0) is 51.4 Å². The average molecular weight is 276 g/mol. The van der Waals surface area contributed by atoms with E-state index in [1.54, 1.807) is 0 Å². The molecule has 1 saturated heterocycles. The van der Waals surface area contributed by atoms with Crippen molar-refractivity contribution in [1.82, 2.24) is 4.90 Å². The molecular weight excluding hydrogens is 252 g/mol. The Hall–Kier alpha value is -1.39. The first kappa shape index (κ1) is 15.0. The summed E-state index contributed by atoms with van der Waals surface area (Å²) < 4.78 is 0. The first-order chi connectivity index (χ1) is 9.74. The number of hydrogen-bond acceptors (Lipinski definition) is 3. The fourth-order valence-electron chi connectivity index (χ4n) is 2.74. The monoisotopic (exact) mass is 276 g/mol. The SMILES string of the molecule is CN(CCCCCO)C1CCN(c2ccccc2)C1=O. The number of likely N-dealkylation sites (N-methyl/N-ethyl adjacent to an activating group) is 1. The molecule has 1 atom stereocenters. The number of aliphatic hydroxyl groups is 1. The Morgan fingerprint density at radius 3 is 2.70 bits per heavy atom. The normalized spacial score (nSPS) is 19.1. The van der Waals surface area contributed by atoms with Crippen LogP contribution in [0.25, 0.3) is 0 Å². The Morgan fingerprint density at radius 1 is 1.25 bits per heavy atom. The largest absolute Gasteiger partial charge is 0.396 e. The summed E-state index contributed by atoms with van der Waals surface area (Å²) in [7, 11) is 2.02. The Labute approximate surface area is 121 Å². The van der Waals surface area contributed by atoms with Crippen molar-refractivity contribution < 1.29 is 9.90 Å². The van der Waals surface area contributed by atoms with E-state index >= 15 is 0 Å². The van der Waals surface area contributed by atoms with Gasteiger partial charge in [-0.3, -0.25) is 9.69 Å². The van der Waals surface area contributed by atoms with E-state index in [9.17, 15) is 4.79 Å². The number of hydrogen-bond donors (Lipinski definition) is 1. The van der Waals surface area contributed by atoms with Crippen molar-refractivity contribution in [3.05, 3.63) is 30.3 Å². The Kier molecular flexibility index (Phi) is 5.56. The van der Waals surface area contributed by atoms with Crippen molar-refractivity contribution >= 4 is 11.6 Å². The van der Waals surface area contributed by atoms with E-state index in [2.05, 4.69) is 4.90 Å². The quantitative estimate of drug-likeness (QED) is 0.773. The highest BCUT2D eigenvalue weighted by atomic mass is 16.2. The Morgan fingerprint density at radius 2 is 2.00 bits per heavy atom. The molecule has 1 aromatic carbocycles. The van der Waals surface area contributed by atoms with Crippen molar-refractivity contribution in [3.8, 4) is 0 Å². The third-order valence-electron chi connectivity index (χ3n) is 3.95. The van der Waals surface area contributed by atoms with E-state index in [4.69, 9.17) is 5.11 Å². The van der Waals surface area contributed by atoms with Crippen LogP contribution in [-0.2, 0) is 4.79 Å². The molecule has 1 amide bonds. The lowest BCUT2D eigenvalue weighted by Gasteiger charge is -2.23. The van der Waals surface area contributed by atoms with Crippen LogP contribution in [0.4, 0.5) is 5.69 Å². The number of carbonyl (C=O) groups excluding carboxylic acids is 1. The number of rotatable bonds is 7. The van der Waals surface area contributed by atoms with E-state index in [-0.39, 0.29) is 18.6 Å². The molecule has 0 radical (unpaired) electrons. The lowest BCUT2D eigenvalue weighted by Crippen LogP contribution is -2.40. The molecule has 110 valence electrons. The second-order valence-electron chi connectivity index (χ2n) is 5.39. The average Bonchev–Trinajstić information content (AvgIpc) is 2.86. The second-order valence-corrected chi connectivity index (χ2v) is 5.39. The van der Waals surface area contributed by atoms with Crippen molar-refractivity contribution in [2.24, 2.45) is 0 Å². The van der Waals surface area contributed by atoms with E-state index in [1.165, 1.54) is 0 Å². The maximum absolute atomic E-state index is 12.5. The number of benzene rings is 1. The standard InChI is InChI=1S/C16H24N2O2/c1-17(11-6-3-7-13-19)15-10-12-18(16(15)20)14-8-4-2-5-9-14/h2,4-5,8-9,15,19H,3,6-7,10-13H2,1H3. The molecule has 20 heavy (non-hydrogen) atoms. The van der Waals surface area contributed by atoms with Gasteiger partial charge in [0.2, 0.25) is 5.91 Å². The van der Waals surface area contributed by atoms with Gasteiger partial charge >= 0.3 is 0 Å². The zero-order valence-corrected chi connectivity index (χ0v) is 12.2. The van der Waals surface area contributed by atoms with Crippen LogP contribution in [0.5, 0.6) is 0 Å². The van der Waals surface area contributed by atoms with E-state index in [0.29, 0.717) is 0 Å². The molecular formula is C16H24N2O2. The second kappa shape index (κ2) is 7.41. The molecule has 1 aliphatic heterocycles. The van der Waals surface area contributed by atoms with Crippen molar-refractivity contribution in [2.75, 3.05) is 31.6 Å². The third-order valence-corrected chi connectivity index (χ3v) is 3.95. The number of anilines is 1. The van der Waals surface area contributed by atoms with Gasteiger partial charge in [-0.25, -0.2) is 0 Å². The van der Waals surface area contributed by atoms with Crippen LogP contribution in [0.15, 0.2) is 30.3 Å². The summed E-state index contributed by atoms with van der Waals surface area (Å²) in [5.74, 6) is 0.209. The Balaban J connectivity index is 1.87. The molecule has 1 aliphatic rings. The summed E-state index contributed by atoms with van der Waals surface area (Å²) in [6, 6.07) is 9.88. The minimum absolute atomic E-state index is 0.00401. The Bertz CT molecular complexity index is 422. The topological polar surface area (TPSA) is 43.8 Å². The fourth-order valence-corrected chi connectivity index (χ4v) is 2.74. The summed E-state index contributed by atoms with van der Waals surface area (Å²) in [5, 5.41) is 8.77. The van der Waals surface area contributed by atoms with Crippen molar-refractivity contribution in [1.29, 1.82) is 0 Å². The van der Waals surface area contributed by atoms with Gasteiger partial charge in [0.25, 0.3) is 0 Å².